The van der Waals surface area contributed by atoms with Crippen LogP contribution in [0.1, 0.15) is 12.5 Å². The van der Waals surface area contributed by atoms with E-state index in [-0.39, 0.29) is 0 Å². The molecule has 0 heterocycles. The Labute approximate surface area is 123 Å². The first-order valence-electron chi connectivity index (χ1n) is 5.67. The van der Waals surface area contributed by atoms with Gasteiger partial charge in [-0.25, -0.2) is 0 Å². The maximum absolute atomic E-state index is 6.03. The molecule has 0 aliphatic heterocycles. The van der Waals surface area contributed by atoms with Crippen molar-refractivity contribution in [3.05, 3.63) is 52.4 Å². The van der Waals surface area contributed by atoms with E-state index in [0.29, 0.717) is 11.7 Å². The minimum atomic E-state index is 0.475. The van der Waals surface area contributed by atoms with E-state index in [4.69, 9.17) is 27.9 Å². The Balaban J connectivity index is 2.47. The molecule has 0 spiro atoms. The largest absolute Gasteiger partial charge is 0.497 e. The lowest BCUT2D eigenvalue weighted by Gasteiger charge is -2.11. The number of ether oxygens (including phenoxy) is 1. The van der Waals surface area contributed by atoms with E-state index < -0.39 is 0 Å². The Kier molecular flexibility index (Phi) is 7.00. The fourth-order valence-electron chi connectivity index (χ4n) is 1.29. The molecular weight excluding hydrogens is 285 g/mol. The Bertz CT molecular complexity index is 444. The minimum absolute atomic E-state index is 0.475. The van der Waals surface area contributed by atoms with Gasteiger partial charge >= 0.3 is 0 Å². The number of hydrogen-bond donors (Lipinski definition) is 3. The molecule has 1 aromatic carbocycles. The molecule has 1 rings (SSSR count). The number of methoxy groups -OCH3 is 1. The summed E-state index contributed by atoms with van der Waals surface area (Å²) in [7, 11) is 1.65. The van der Waals surface area contributed by atoms with Crippen LogP contribution in [0.15, 0.2) is 46.9 Å². The van der Waals surface area contributed by atoms with E-state index in [1.165, 1.54) is 11.7 Å². The zero-order valence-electron chi connectivity index (χ0n) is 10.8. The summed E-state index contributed by atoms with van der Waals surface area (Å²) in [6, 6.07) is 7.83. The van der Waals surface area contributed by atoms with Crippen LogP contribution in [0.25, 0.3) is 0 Å². The van der Waals surface area contributed by atoms with Crippen molar-refractivity contribution in [2.45, 2.75) is 13.5 Å². The molecule has 0 amide bonds. The number of halogens is 2. The van der Waals surface area contributed by atoms with Crippen LogP contribution in [0.3, 0.4) is 0 Å². The standard InChI is InChI=1S/C13H17Cl2N3O/c1-10(13(15)18-17-8-7-14)16-9-11-3-5-12(19-2)6-4-11/h3-8,16-18H,9H2,1-2H3/b8-7+,13-10+. The van der Waals surface area contributed by atoms with Gasteiger partial charge in [-0.3, -0.25) is 5.43 Å². The van der Waals surface area contributed by atoms with Crippen LogP contribution in [0.2, 0.25) is 0 Å². The summed E-state index contributed by atoms with van der Waals surface area (Å²) in [6.07, 6.45) is 1.53. The third kappa shape index (κ3) is 5.77. The number of benzene rings is 1. The first kappa shape index (κ1) is 15.5. The fourth-order valence-corrected chi connectivity index (χ4v) is 1.47. The summed E-state index contributed by atoms with van der Waals surface area (Å²) in [5, 5.41) is 3.69. The highest BCUT2D eigenvalue weighted by Crippen LogP contribution is 2.11. The number of nitrogens with one attached hydrogen (secondary N) is 3. The molecule has 0 radical (unpaired) electrons. The molecule has 1 aromatic rings. The van der Waals surface area contributed by atoms with Crippen molar-refractivity contribution in [1.29, 1.82) is 0 Å². The molecule has 0 saturated heterocycles. The molecule has 4 nitrogen and oxygen atoms in total. The summed E-state index contributed by atoms with van der Waals surface area (Å²) < 4.78 is 5.10. The Morgan fingerprint density at radius 1 is 1.32 bits per heavy atom. The van der Waals surface area contributed by atoms with E-state index in [0.717, 1.165) is 17.0 Å². The molecule has 0 aliphatic rings. The normalized spacial score (nSPS) is 12.0. The average Bonchev–Trinajstić information content (AvgIpc) is 2.45. The van der Waals surface area contributed by atoms with E-state index in [2.05, 4.69) is 16.2 Å². The second kappa shape index (κ2) is 8.56. The van der Waals surface area contributed by atoms with E-state index in [1.807, 2.05) is 31.2 Å². The predicted octanol–water partition coefficient (Wildman–Crippen LogP) is 3.02. The van der Waals surface area contributed by atoms with Crippen LogP contribution in [0.5, 0.6) is 5.75 Å². The number of rotatable bonds is 7. The summed E-state index contributed by atoms with van der Waals surface area (Å²) in [6.45, 7) is 2.56. The van der Waals surface area contributed by atoms with E-state index in [1.54, 1.807) is 7.11 Å². The zero-order valence-corrected chi connectivity index (χ0v) is 12.3. The predicted molar refractivity (Wildman–Crippen MR) is 79.7 cm³/mol. The Hall–Kier alpha value is -1.52. The lowest BCUT2D eigenvalue weighted by atomic mass is 10.2. The van der Waals surface area contributed by atoms with Crippen molar-refractivity contribution >= 4 is 23.2 Å². The Morgan fingerprint density at radius 2 is 2.00 bits per heavy atom. The highest BCUT2D eigenvalue weighted by molar-refractivity contribution is 6.29. The molecule has 0 unspecified atom stereocenters. The van der Waals surface area contributed by atoms with Gasteiger partial charge in [0.2, 0.25) is 0 Å². The van der Waals surface area contributed by atoms with Crippen LogP contribution in [0.4, 0.5) is 0 Å². The van der Waals surface area contributed by atoms with Gasteiger partial charge in [-0.15, -0.1) is 0 Å². The topological polar surface area (TPSA) is 45.3 Å². The van der Waals surface area contributed by atoms with E-state index >= 15 is 0 Å². The number of allylic oxidation sites excluding steroid dienone is 1. The second-order valence-electron chi connectivity index (χ2n) is 3.70. The van der Waals surface area contributed by atoms with Gasteiger partial charge in [0.15, 0.2) is 0 Å². The first-order valence-corrected chi connectivity index (χ1v) is 6.48. The number of hydrazine groups is 1. The van der Waals surface area contributed by atoms with Gasteiger partial charge in [-0.05, 0) is 24.6 Å². The molecule has 104 valence electrons. The molecule has 0 bridgehead atoms. The minimum Gasteiger partial charge on any atom is -0.497 e. The van der Waals surface area contributed by atoms with E-state index in [9.17, 15) is 0 Å². The summed E-state index contributed by atoms with van der Waals surface area (Å²) in [4.78, 5) is 0. The second-order valence-corrected chi connectivity index (χ2v) is 4.33. The third-order valence-corrected chi connectivity index (χ3v) is 2.88. The van der Waals surface area contributed by atoms with Crippen molar-refractivity contribution in [3.63, 3.8) is 0 Å². The van der Waals surface area contributed by atoms with Crippen molar-refractivity contribution in [2.24, 2.45) is 0 Å². The monoisotopic (exact) mass is 301 g/mol. The van der Waals surface area contributed by atoms with Crippen molar-refractivity contribution in [3.8, 4) is 5.75 Å². The van der Waals surface area contributed by atoms with Gasteiger partial charge in [0.05, 0.1) is 7.11 Å². The quantitative estimate of drug-likeness (QED) is 0.535. The van der Waals surface area contributed by atoms with Crippen LogP contribution in [-0.4, -0.2) is 7.11 Å². The highest BCUT2D eigenvalue weighted by atomic mass is 35.5. The SMILES string of the molecule is COc1ccc(CN/C(C)=C(\Cl)NN/C=C/Cl)cc1. The maximum Gasteiger partial charge on any atom is 0.139 e. The molecule has 0 fully saturated rings. The summed E-state index contributed by atoms with van der Waals surface area (Å²) in [5.74, 6) is 0.841. The summed E-state index contributed by atoms with van der Waals surface area (Å²) >= 11 is 11.4. The average molecular weight is 302 g/mol. The number of hydrogen-bond acceptors (Lipinski definition) is 4. The van der Waals surface area contributed by atoms with Gasteiger partial charge < -0.3 is 15.5 Å². The van der Waals surface area contributed by atoms with Crippen LogP contribution in [-0.2, 0) is 6.54 Å². The van der Waals surface area contributed by atoms with Crippen molar-refractivity contribution < 1.29 is 4.74 Å². The van der Waals surface area contributed by atoms with Crippen LogP contribution >= 0.6 is 23.2 Å². The molecule has 0 aromatic heterocycles. The molecule has 0 atom stereocenters. The van der Waals surface area contributed by atoms with Gasteiger partial charge in [0.25, 0.3) is 0 Å². The lowest BCUT2D eigenvalue weighted by molar-refractivity contribution is 0.414. The van der Waals surface area contributed by atoms with Crippen LogP contribution < -0.4 is 20.9 Å². The van der Waals surface area contributed by atoms with Crippen LogP contribution in [0, 0.1) is 0 Å². The van der Waals surface area contributed by atoms with Gasteiger partial charge in [-0.2, -0.15) is 0 Å². The van der Waals surface area contributed by atoms with Crippen molar-refractivity contribution in [1.82, 2.24) is 16.2 Å². The molecule has 0 aliphatic carbocycles. The molecule has 0 saturated carbocycles. The first-order chi connectivity index (χ1) is 9.17. The van der Waals surface area contributed by atoms with Crippen molar-refractivity contribution in [2.75, 3.05) is 7.11 Å². The molecule has 19 heavy (non-hydrogen) atoms. The zero-order chi connectivity index (χ0) is 14.1. The lowest BCUT2D eigenvalue weighted by Crippen LogP contribution is -2.26. The summed E-state index contributed by atoms with van der Waals surface area (Å²) in [5.41, 5.74) is 8.81. The van der Waals surface area contributed by atoms with Gasteiger partial charge in [-0.1, -0.05) is 35.3 Å². The molecule has 3 N–H and O–H groups in total. The molecular formula is C13H17Cl2N3O. The maximum atomic E-state index is 6.03. The van der Waals surface area contributed by atoms with Gasteiger partial charge in [0.1, 0.15) is 10.9 Å². The fraction of sp³-hybridized carbons (Fsp3) is 0.231. The Morgan fingerprint density at radius 3 is 2.58 bits per heavy atom. The van der Waals surface area contributed by atoms with Gasteiger partial charge in [0, 0.05) is 24.0 Å². The highest BCUT2D eigenvalue weighted by Gasteiger charge is 1.99. The molecule has 6 heteroatoms. The smallest absolute Gasteiger partial charge is 0.139 e. The third-order valence-electron chi connectivity index (χ3n) is 2.37.